The highest BCUT2D eigenvalue weighted by Gasteiger charge is 2.34. The molecule has 2 rings (SSSR count). The fourth-order valence-corrected chi connectivity index (χ4v) is 2.89. The van der Waals surface area contributed by atoms with Gasteiger partial charge in [-0.15, -0.1) is 0 Å². The molecule has 23 heavy (non-hydrogen) atoms. The second-order valence-electron chi connectivity index (χ2n) is 4.61. The summed E-state index contributed by atoms with van der Waals surface area (Å²) in [7, 11) is 0. The van der Waals surface area contributed by atoms with Crippen molar-refractivity contribution in [3.63, 3.8) is 0 Å². The summed E-state index contributed by atoms with van der Waals surface area (Å²) >= 11 is 23.4. The molecule has 0 saturated carbocycles. The minimum Gasteiger partial charge on any atom is -0.362 e. The van der Waals surface area contributed by atoms with Crippen molar-refractivity contribution in [1.29, 1.82) is 0 Å². The van der Waals surface area contributed by atoms with Gasteiger partial charge in [0.25, 0.3) is 5.91 Å². The summed E-state index contributed by atoms with van der Waals surface area (Å²) in [5.74, 6) is -0.329. The topological polar surface area (TPSA) is 41.1 Å². The maximum absolute atomic E-state index is 12.4. The first kappa shape index (κ1) is 19.1. The Kier molecular flexibility index (Phi) is 6.86. The van der Waals surface area contributed by atoms with Crippen molar-refractivity contribution in [3.05, 3.63) is 62.1 Å². The van der Waals surface area contributed by atoms with Crippen LogP contribution in [0.25, 0.3) is 0 Å². The van der Waals surface area contributed by atoms with Crippen LogP contribution in [0.15, 0.2) is 53.0 Å². The van der Waals surface area contributed by atoms with Gasteiger partial charge in [-0.3, -0.25) is 4.79 Å². The number of carbonyl (C=O) groups is 1. The van der Waals surface area contributed by atoms with Gasteiger partial charge in [0.2, 0.25) is 3.79 Å². The molecule has 8 heteroatoms. The molecule has 0 aliphatic heterocycles. The molecule has 0 saturated heterocycles. The van der Waals surface area contributed by atoms with Gasteiger partial charge in [-0.1, -0.05) is 56.8 Å². The zero-order valence-corrected chi connectivity index (χ0v) is 17.5. The molecule has 2 aromatic carbocycles. The summed E-state index contributed by atoms with van der Waals surface area (Å²) < 4.78 is 0.155. The Morgan fingerprint density at radius 2 is 1.78 bits per heavy atom. The van der Waals surface area contributed by atoms with Gasteiger partial charge in [-0.05, 0) is 65.1 Å². The molecule has 0 spiro atoms. The first-order valence-corrected chi connectivity index (χ1v) is 9.41. The Labute approximate surface area is 171 Å². The van der Waals surface area contributed by atoms with Crippen LogP contribution in [0.2, 0.25) is 0 Å². The summed E-state index contributed by atoms with van der Waals surface area (Å²) in [6.45, 7) is 0. The van der Waals surface area contributed by atoms with Gasteiger partial charge >= 0.3 is 0 Å². The van der Waals surface area contributed by atoms with Crippen molar-refractivity contribution in [1.82, 2.24) is 5.32 Å². The van der Waals surface area contributed by atoms with E-state index >= 15 is 0 Å². The molecule has 0 aromatic heterocycles. The Bertz CT molecular complexity index is 692. The quantitative estimate of drug-likeness (QED) is 0.297. The molecule has 0 fully saturated rings. The van der Waals surface area contributed by atoms with Gasteiger partial charge in [0, 0.05) is 19.3 Å². The van der Waals surface area contributed by atoms with Gasteiger partial charge in [-0.25, -0.2) is 0 Å². The van der Waals surface area contributed by atoms with E-state index in [0.717, 1.165) is 8.04 Å². The monoisotopic (exact) mass is 546 g/mol. The fraction of sp³-hybridized carbons (Fsp3) is 0.133. The highest BCUT2D eigenvalue weighted by atomic mass is 127. The van der Waals surface area contributed by atoms with Crippen molar-refractivity contribution in [2.75, 3.05) is 5.32 Å². The number of nitrogens with one attached hydrogen (secondary N) is 2. The average molecular weight is 548 g/mol. The standard InChI is InChI=1S/C15H11BrCl3IN2O/c16-10-4-6-12(7-5-10)21-14(15(17,18)19)22-13(23)9-2-1-3-11(20)8-9/h1-8,14,21H,(H,22,23). The molecule has 0 aliphatic carbocycles. The van der Waals surface area contributed by atoms with E-state index in [-0.39, 0.29) is 5.91 Å². The molecule has 0 aliphatic rings. The highest BCUT2D eigenvalue weighted by molar-refractivity contribution is 14.1. The van der Waals surface area contributed by atoms with Crippen LogP contribution in [-0.4, -0.2) is 15.9 Å². The van der Waals surface area contributed by atoms with Crippen LogP contribution in [0, 0.1) is 3.57 Å². The Morgan fingerprint density at radius 3 is 2.35 bits per heavy atom. The molecule has 1 atom stereocenters. The van der Waals surface area contributed by atoms with E-state index in [1.165, 1.54) is 0 Å². The van der Waals surface area contributed by atoms with Crippen LogP contribution in [0.5, 0.6) is 0 Å². The predicted molar refractivity (Wildman–Crippen MR) is 108 cm³/mol. The maximum atomic E-state index is 12.4. The molecular weight excluding hydrogens is 537 g/mol. The maximum Gasteiger partial charge on any atom is 0.253 e. The molecule has 0 heterocycles. The molecule has 0 bridgehead atoms. The third kappa shape index (κ3) is 5.98. The number of alkyl halides is 3. The normalized spacial score (nSPS) is 12.6. The van der Waals surface area contributed by atoms with Gasteiger partial charge in [0.15, 0.2) is 0 Å². The molecular formula is C15H11BrCl3IN2O. The Hall–Kier alpha value is -0.210. The minimum absolute atomic E-state index is 0.329. The van der Waals surface area contributed by atoms with E-state index in [2.05, 4.69) is 49.2 Å². The summed E-state index contributed by atoms with van der Waals surface area (Å²) in [6, 6.07) is 14.5. The number of hydrogen-bond acceptors (Lipinski definition) is 2. The second kappa shape index (κ2) is 8.25. The first-order chi connectivity index (χ1) is 10.8. The van der Waals surface area contributed by atoms with E-state index in [4.69, 9.17) is 34.8 Å². The Morgan fingerprint density at radius 1 is 1.13 bits per heavy atom. The van der Waals surface area contributed by atoms with Crippen molar-refractivity contribution < 1.29 is 4.79 Å². The second-order valence-corrected chi connectivity index (χ2v) is 9.14. The van der Waals surface area contributed by atoms with Crippen LogP contribution in [0.4, 0.5) is 5.69 Å². The minimum atomic E-state index is -1.72. The van der Waals surface area contributed by atoms with Crippen molar-refractivity contribution >= 4 is 84.9 Å². The van der Waals surface area contributed by atoms with Crippen molar-refractivity contribution in [3.8, 4) is 0 Å². The molecule has 1 amide bonds. The molecule has 122 valence electrons. The van der Waals surface area contributed by atoms with Crippen LogP contribution in [0.3, 0.4) is 0 Å². The molecule has 1 unspecified atom stereocenters. The predicted octanol–water partition coefficient (Wildman–Crippen LogP) is 5.59. The smallest absolute Gasteiger partial charge is 0.253 e. The number of amides is 1. The van der Waals surface area contributed by atoms with E-state index in [0.29, 0.717) is 11.3 Å². The number of carbonyl (C=O) groups excluding carboxylic acids is 1. The summed E-state index contributed by atoms with van der Waals surface area (Å²) in [4.78, 5) is 12.4. The third-order valence-electron chi connectivity index (χ3n) is 2.84. The zero-order chi connectivity index (χ0) is 17.0. The van der Waals surface area contributed by atoms with Crippen molar-refractivity contribution in [2.24, 2.45) is 0 Å². The summed E-state index contributed by atoms with van der Waals surface area (Å²) in [5, 5.41) is 5.71. The molecule has 2 N–H and O–H groups in total. The lowest BCUT2D eigenvalue weighted by atomic mass is 10.2. The SMILES string of the molecule is O=C(NC(Nc1ccc(Br)cc1)C(Cl)(Cl)Cl)c1cccc(I)c1. The molecule has 2 aromatic rings. The number of hydrogen-bond donors (Lipinski definition) is 2. The largest absolute Gasteiger partial charge is 0.362 e. The lowest BCUT2D eigenvalue weighted by Crippen LogP contribution is -2.49. The van der Waals surface area contributed by atoms with Crippen LogP contribution >= 0.6 is 73.3 Å². The molecule has 3 nitrogen and oxygen atoms in total. The summed E-state index contributed by atoms with van der Waals surface area (Å²) in [6.07, 6.45) is -0.890. The van der Waals surface area contributed by atoms with Gasteiger partial charge in [0.1, 0.15) is 6.17 Å². The number of halogens is 5. The number of benzene rings is 2. The zero-order valence-electron chi connectivity index (χ0n) is 11.5. The number of anilines is 1. The van der Waals surface area contributed by atoms with E-state index in [1.807, 2.05) is 30.3 Å². The lowest BCUT2D eigenvalue weighted by molar-refractivity contribution is 0.0942. The summed E-state index contributed by atoms with van der Waals surface area (Å²) in [5.41, 5.74) is 1.21. The van der Waals surface area contributed by atoms with Crippen LogP contribution < -0.4 is 10.6 Å². The molecule has 0 radical (unpaired) electrons. The average Bonchev–Trinajstić information content (AvgIpc) is 2.47. The van der Waals surface area contributed by atoms with E-state index in [9.17, 15) is 4.79 Å². The van der Waals surface area contributed by atoms with Gasteiger partial charge in [0.05, 0.1) is 0 Å². The van der Waals surface area contributed by atoms with Gasteiger partial charge < -0.3 is 10.6 Å². The van der Waals surface area contributed by atoms with E-state index in [1.54, 1.807) is 18.2 Å². The van der Waals surface area contributed by atoms with Crippen molar-refractivity contribution in [2.45, 2.75) is 9.96 Å². The van der Waals surface area contributed by atoms with Crippen LogP contribution in [-0.2, 0) is 0 Å². The van der Waals surface area contributed by atoms with E-state index < -0.39 is 9.96 Å². The lowest BCUT2D eigenvalue weighted by Gasteiger charge is -2.27. The highest BCUT2D eigenvalue weighted by Crippen LogP contribution is 2.31. The number of rotatable bonds is 4. The first-order valence-electron chi connectivity index (χ1n) is 6.41. The van der Waals surface area contributed by atoms with Crippen LogP contribution in [0.1, 0.15) is 10.4 Å². The third-order valence-corrected chi connectivity index (χ3v) is 4.70. The Balaban J connectivity index is 2.16. The van der Waals surface area contributed by atoms with Gasteiger partial charge in [-0.2, -0.15) is 0 Å². The fourth-order valence-electron chi connectivity index (χ4n) is 1.76.